The van der Waals surface area contributed by atoms with Crippen molar-refractivity contribution in [1.82, 2.24) is 0 Å². The maximum Gasteiger partial charge on any atom is 0.328 e. The molecule has 1 aliphatic heterocycles. The zero-order chi connectivity index (χ0) is 11.7. The maximum atomic E-state index is 10.2. The number of hydrogen-bond donors (Lipinski definition) is 2. The molecule has 0 amide bonds. The van der Waals surface area contributed by atoms with Crippen molar-refractivity contribution in [1.29, 1.82) is 0 Å². The van der Waals surface area contributed by atoms with Crippen LogP contribution in [0.2, 0.25) is 0 Å². The van der Waals surface area contributed by atoms with Crippen molar-refractivity contribution in [2.24, 2.45) is 9.98 Å². The zero-order valence-corrected chi connectivity index (χ0v) is 7.53. The minimum absolute atomic E-state index is 0.0255. The molecule has 0 fully saturated rings. The molecule has 0 atom stereocenters. The van der Waals surface area contributed by atoms with Crippen molar-refractivity contribution in [3.05, 3.63) is 12.2 Å². The molecule has 0 aromatic carbocycles. The number of Topliss-reactive ketones (excluding diaryl/α,β-unsaturated/α-hetero) is 1. The van der Waals surface area contributed by atoms with Gasteiger partial charge in [-0.3, -0.25) is 9.79 Å². The number of rotatable bonds is 2. The molecule has 1 rings (SSSR count). The average Bonchev–Trinajstić information content (AvgIpc) is 2.17. The van der Waals surface area contributed by atoms with Gasteiger partial charge in [-0.15, -0.1) is 0 Å². The van der Waals surface area contributed by atoms with E-state index in [0.29, 0.717) is 12.2 Å². The number of hydrogen-bond acceptors (Lipinski definition) is 5. The molecule has 0 saturated heterocycles. The van der Waals surface area contributed by atoms with Crippen LogP contribution in [0.15, 0.2) is 22.1 Å². The van der Waals surface area contributed by atoms with Gasteiger partial charge in [0.15, 0.2) is 5.78 Å². The van der Waals surface area contributed by atoms with Crippen molar-refractivity contribution in [3.63, 3.8) is 0 Å². The molecule has 0 aliphatic carbocycles. The molecule has 7 heteroatoms. The SMILES string of the molecule is O=C(O)/C=C\C(=O)O.O=C1C=NC=NC1. The first-order valence-corrected chi connectivity index (χ1v) is 3.70. The highest BCUT2D eigenvalue weighted by molar-refractivity contribution is 6.30. The second-order valence-electron chi connectivity index (χ2n) is 2.21. The van der Waals surface area contributed by atoms with E-state index in [-0.39, 0.29) is 12.3 Å². The van der Waals surface area contributed by atoms with E-state index in [2.05, 4.69) is 9.98 Å². The van der Waals surface area contributed by atoms with Gasteiger partial charge in [-0.25, -0.2) is 14.6 Å². The third kappa shape index (κ3) is 9.61. The van der Waals surface area contributed by atoms with E-state index in [1.54, 1.807) is 0 Å². The lowest BCUT2D eigenvalue weighted by Crippen LogP contribution is -2.06. The first-order chi connectivity index (χ1) is 7.02. The Bertz CT molecular complexity index is 327. The lowest BCUT2D eigenvalue weighted by atomic mass is 10.4. The summed E-state index contributed by atoms with van der Waals surface area (Å²) in [6, 6.07) is 0. The molecule has 2 N–H and O–H groups in total. The van der Waals surface area contributed by atoms with Crippen LogP contribution in [0.5, 0.6) is 0 Å². The number of carbonyl (C=O) groups is 3. The normalized spacial score (nSPS) is 13.5. The van der Waals surface area contributed by atoms with E-state index in [0.717, 1.165) is 0 Å². The highest BCUT2D eigenvalue weighted by Crippen LogP contribution is 1.76. The monoisotopic (exact) mass is 212 g/mol. The van der Waals surface area contributed by atoms with Crippen LogP contribution in [-0.4, -0.2) is 47.0 Å². The lowest BCUT2D eigenvalue weighted by molar-refractivity contribution is -0.134. The minimum Gasteiger partial charge on any atom is -0.478 e. The summed E-state index contributed by atoms with van der Waals surface area (Å²) in [5.74, 6) is -2.54. The van der Waals surface area contributed by atoms with Crippen LogP contribution >= 0.6 is 0 Å². The Kier molecular flexibility index (Phi) is 6.03. The molecule has 0 aromatic rings. The van der Waals surface area contributed by atoms with Crippen LogP contribution in [0, 0.1) is 0 Å². The van der Waals surface area contributed by atoms with Crippen LogP contribution in [0.25, 0.3) is 0 Å². The molecule has 0 saturated carbocycles. The molecule has 80 valence electrons. The molecule has 0 spiro atoms. The molecular weight excluding hydrogens is 204 g/mol. The molecule has 15 heavy (non-hydrogen) atoms. The molecule has 7 nitrogen and oxygen atoms in total. The topological polar surface area (TPSA) is 116 Å². The third-order valence-electron chi connectivity index (χ3n) is 0.982. The third-order valence-corrected chi connectivity index (χ3v) is 0.982. The quantitative estimate of drug-likeness (QED) is 0.591. The summed E-state index contributed by atoms with van der Waals surface area (Å²) < 4.78 is 0. The van der Waals surface area contributed by atoms with Gasteiger partial charge in [-0.1, -0.05) is 0 Å². The molecule has 1 heterocycles. The molecule has 0 unspecified atom stereocenters. The Hall–Kier alpha value is -2.31. The molecular formula is C8H8N2O5. The summed E-state index contributed by atoms with van der Waals surface area (Å²) in [6.45, 7) is 0.267. The van der Waals surface area contributed by atoms with E-state index in [4.69, 9.17) is 10.2 Å². The fourth-order valence-corrected chi connectivity index (χ4v) is 0.478. The fraction of sp³-hybridized carbons (Fsp3) is 0.125. The van der Waals surface area contributed by atoms with E-state index in [1.165, 1.54) is 12.6 Å². The van der Waals surface area contributed by atoms with E-state index in [1.807, 2.05) is 0 Å². The van der Waals surface area contributed by atoms with Crippen molar-refractivity contribution >= 4 is 30.3 Å². The van der Waals surface area contributed by atoms with Crippen LogP contribution in [0.3, 0.4) is 0 Å². The predicted molar refractivity (Wildman–Crippen MR) is 51.3 cm³/mol. The van der Waals surface area contributed by atoms with Gasteiger partial charge in [0.05, 0.1) is 6.21 Å². The van der Waals surface area contributed by atoms with Gasteiger partial charge in [-0.2, -0.15) is 0 Å². The number of carbonyl (C=O) groups excluding carboxylic acids is 1. The zero-order valence-electron chi connectivity index (χ0n) is 7.53. The Morgan fingerprint density at radius 3 is 2.00 bits per heavy atom. The summed E-state index contributed by atoms with van der Waals surface area (Å²) in [7, 11) is 0. The summed E-state index contributed by atoms with van der Waals surface area (Å²) in [4.78, 5) is 36.4. The Morgan fingerprint density at radius 1 is 1.27 bits per heavy atom. The van der Waals surface area contributed by atoms with Crippen LogP contribution < -0.4 is 0 Å². The summed E-state index contributed by atoms with van der Waals surface area (Å²) in [5.41, 5.74) is 0. The highest BCUT2D eigenvalue weighted by Gasteiger charge is 1.94. The molecule has 1 aliphatic rings. The maximum absolute atomic E-state index is 10.2. The number of aliphatic imine (C=N–C) groups is 2. The molecule has 0 aromatic heterocycles. The first-order valence-electron chi connectivity index (χ1n) is 3.70. The van der Waals surface area contributed by atoms with Gasteiger partial charge in [0.1, 0.15) is 12.9 Å². The number of ketones is 1. The Morgan fingerprint density at radius 2 is 1.80 bits per heavy atom. The van der Waals surface area contributed by atoms with Crippen molar-refractivity contribution in [3.8, 4) is 0 Å². The van der Waals surface area contributed by atoms with Crippen molar-refractivity contribution in [2.75, 3.05) is 6.54 Å². The lowest BCUT2D eigenvalue weighted by Gasteiger charge is -1.88. The van der Waals surface area contributed by atoms with Crippen LogP contribution in [-0.2, 0) is 14.4 Å². The van der Waals surface area contributed by atoms with Crippen LogP contribution in [0.4, 0.5) is 0 Å². The predicted octanol–water partition coefficient (Wildman–Crippen LogP) is -0.620. The van der Waals surface area contributed by atoms with E-state index in [9.17, 15) is 14.4 Å². The Labute approximate surface area is 84.5 Å². The van der Waals surface area contributed by atoms with Gasteiger partial charge in [0.2, 0.25) is 0 Å². The fourth-order valence-electron chi connectivity index (χ4n) is 0.478. The van der Waals surface area contributed by atoms with Gasteiger partial charge >= 0.3 is 11.9 Å². The number of carboxylic acids is 2. The Balaban J connectivity index is 0.000000262. The summed E-state index contributed by atoms with van der Waals surface area (Å²) in [5, 5.41) is 15.6. The smallest absolute Gasteiger partial charge is 0.328 e. The van der Waals surface area contributed by atoms with Crippen molar-refractivity contribution < 1.29 is 24.6 Å². The van der Waals surface area contributed by atoms with Gasteiger partial charge in [0, 0.05) is 12.2 Å². The number of aliphatic carboxylic acids is 2. The second-order valence-corrected chi connectivity index (χ2v) is 2.21. The summed E-state index contributed by atoms with van der Waals surface area (Å²) >= 11 is 0. The number of carboxylic acid groups (broad SMARTS) is 2. The molecule has 0 radical (unpaired) electrons. The largest absolute Gasteiger partial charge is 0.478 e. The van der Waals surface area contributed by atoms with Gasteiger partial charge in [0.25, 0.3) is 0 Å². The minimum atomic E-state index is -1.26. The van der Waals surface area contributed by atoms with E-state index < -0.39 is 11.9 Å². The average molecular weight is 212 g/mol. The second kappa shape index (κ2) is 7.13. The standard InChI is InChI=1S/C4H4N2O.C4H4O4/c7-4-1-5-3-6-2-4;5-3(6)1-2-4(7)8/h1,3H,2H2;1-2H,(H,5,6)(H,7,8)/b;2-1-. The summed E-state index contributed by atoms with van der Waals surface area (Å²) in [6.07, 6.45) is 3.76. The number of nitrogens with zero attached hydrogens (tertiary/aromatic N) is 2. The van der Waals surface area contributed by atoms with Gasteiger partial charge < -0.3 is 10.2 Å². The highest BCUT2D eigenvalue weighted by atomic mass is 16.4. The van der Waals surface area contributed by atoms with E-state index >= 15 is 0 Å². The van der Waals surface area contributed by atoms with Crippen LogP contribution in [0.1, 0.15) is 0 Å². The first kappa shape index (κ1) is 12.7. The van der Waals surface area contributed by atoms with Crippen molar-refractivity contribution in [2.45, 2.75) is 0 Å². The molecule has 0 bridgehead atoms. The van der Waals surface area contributed by atoms with Gasteiger partial charge in [-0.05, 0) is 0 Å².